The fraction of sp³-hybridized carbons (Fsp3) is 0.0833. The van der Waals surface area contributed by atoms with Gasteiger partial charge in [0.2, 0.25) is 0 Å². The highest BCUT2D eigenvalue weighted by Gasteiger charge is 2.02. The van der Waals surface area contributed by atoms with Crippen LogP contribution in [0.25, 0.3) is 0 Å². The summed E-state index contributed by atoms with van der Waals surface area (Å²) in [4.78, 5) is 1.23. The van der Waals surface area contributed by atoms with E-state index in [1.807, 2.05) is 17.5 Å². The number of nitrogens with one attached hydrogen (secondary N) is 1. The first kappa shape index (κ1) is 11.0. The summed E-state index contributed by atoms with van der Waals surface area (Å²) in [5, 5.41) is 14.8. The minimum absolute atomic E-state index is 0.612. The van der Waals surface area contributed by atoms with Gasteiger partial charge in [-0.15, -0.1) is 11.3 Å². The Balaban J connectivity index is 2.15. The predicted octanol–water partition coefficient (Wildman–Crippen LogP) is 3.89. The molecule has 1 N–H and O–H groups in total. The average Bonchev–Trinajstić information content (AvgIpc) is 2.79. The summed E-state index contributed by atoms with van der Waals surface area (Å²) >= 11 is 7.57. The minimum Gasteiger partial charge on any atom is -0.379 e. The fourth-order valence-electron chi connectivity index (χ4n) is 1.36. The first-order chi connectivity index (χ1) is 7.79. The van der Waals surface area contributed by atoms with Gasteiger partial charge in [-0.1, -0.05) is 17.7 Å². The summed E-state index contributed by atoms with van der Waals surface area (Å²) in [6, 6.07) is 11.4. The maximum absolute atomic E-state index is 8.94. The smallest absolute Gasteiger partial charge is 0.101 e. The molecule has 0 aliphatic carbocycles. The number of halogens is 1. The standard InChI is InChI=1S/C12H9ClN2S/c13-10-4-3-9(7-14)12(6-10)15-8-11-2-1-5-16-11/h1-6,15H,8H2. The number of anilines is 1. The fourth-order valence-corrected chi connectivity index (χ4v) is 2.17. The molecule has 2 rings (SSSR count). The Morgan fingerprint density at radius 1 is 1.38 bits per heavy atom. The van der Waals surface area contributed by atoms with Crippen LogP contribution in [0.15, 0.2) is 35.7 Å². The van der Waals surface area contributed by atoms with E-state index in [0.29, 0.717) is 17.1 Å². The molecule has 0 fully saturated rings. The van der Waals surface area contributed by atoms with Crippen molar-refractivity contribution in [3.8, 4) is 6.07 Å². The molecule has 0 radical (unpaired) electrons. The van der Waals surface area contributed by atoms with Crippen molar-refractivity contribution in [3.05, 3.63) is 51.2 Å². The summed E-state index contributed by atoms with van der Waals surface area (Å²) in [5.74, 6) is 0. The van der Waals surface area contributed by atoms with Crippen molar-refractivity contribution in [2.24, 2.45) is 0 Å². The molecule has 16 heavy (non-hydrogen) atoms. The molecule has 0 unspecified atom stereocenters. The third-order valence-corrected chi connectivity index (χ3v) is 3.25. The monoisotopic (exact) mass is 248 g/mol. The molecule has 0 saturated carbocycles. The zero-order chi connectivity index (χ0) is 11.4. The van der Waals surface area contributed by atoms with E-state index >= 15 is 0 Å². The lowest BCUT2D eigenvalue weighted by Crippen LogP contribution is -1.99. The number of hydrogen-bond acceptors (Lipinski definition) is 3. The molecule has 0 amide bonds. The van der Waals surface area contributed by atoms with Gasteiger partial charge in [0.05, 0.1) is 11.3 Å². The lowest BCUT2D eigenvalue weighted by Gasteiger charge is -2.07. The molecule has 0 atom stereocenters. The first-order valence-electron chi connectivity index (χ1n) is 4.75. The molecule has 2 aromatic rings. The van der Waals surface area contributed by atoms with Gasteiger partial charge in [-0.2, -0.15) is 5.26 Å². The quantitative estimate of drug-likeness (QED) is 0.895. The number of nitriles is 1. The van der Waals surface area contributed by atoms with E-state index in [2.05, 4.69) is 11.4 Å². The Morgan fingerprint density at radius 3 is 2.94 bits per heavy atom. The van der Waals surface area contributed by atoms with Gasteiger partial charge in [0, 0.05) is 16.4 Å². The molecule has 0 spiro atoms. The van der Waals surface area contributed by atoms with Gasteiger partial charge >= 0.3 is 0 Å². The van der Waals surface area contributed by atoms with E-state index in [1.54, 1.807) is 29.5 Å². The molecule has 0 bridgehead atoms. The molecule has 0 aliphatic heterocycles. The Bertz CT molecular complexity index is 514. The molecule has 2 nitrogen and oxygen atoms in total. The summed E-state index contributed by atoms with van der Waals surface area (Å²) in [6.07, 6.45) is 0. The average molecular weight is 249 g/mol. The van der Waals surface area contributed by atoms with Crippen LogP contribution in [0, 0.1) is 11.3 Å². The van der Waals surface area contributed by atoms with Crippen molar-refractivity contribution >= 4 is 28.6 Å². The summed E-state index contributed by atoms with van der Waals surface area (Å²) < 4.78 is 0. The first-order valence-corrected chi connectivity index (χ1v) is 6.01. The Labute approximate surface area is 103 Å². The molecule has 1 aromatic heterocycles. The van der Waals surface area contributed by atoms with Crippen LogP contribution >= 0.6 is 22.9 Å². The Morgan fingerprint density at radius 2 is 2.25 bits per heavy atom. The predicted molar refractivity (Wildman–Crippen MR) is 67.8 cm³/mol. The minimum atomic E-state index is 0.612. The molecular formula is C12H9ClN2S. The Hall–Kier alpha value is -1.50. The SMILES string of the molecule is N#Cc1ccc(Cl)cc1NCc1cccs1. The van der Waals surface area contributed by atoms with Gasteiger partial charge in [0.1, 0.15) is 6.07 Å². The second-order valence-electron chi connectivity index (χ2n) is 3.23. The molecular weight excluding hydrogens is 240 g/mol. The molecule has 1 aromatic carbocycles. The van der Waals surface area contributed by atoms with E-state index in [9.17, 15) is 0 Å². The van der Waals surface area contributed by atoms with Crippen molar-refractivity contribution in [1.82, 2.24) is 0 Å². The van der Waals surface area contributed by atoms with Crippen molar-refractivity contribution < 1.29 is 0 Å². The molecule has 0 saturated heterocycles. The largest absolute Gasteiger partial charge is 0.379 e. The van der Waals surface area contributed by atoms with Crippen LogP contribution in [0.3, 0.4) is 0 Å². The van der Waals surface area contributed by atoms with Crippen LogP contribution in [-0.4, -0.2) is 0 Å². The number of hydrogen-bond donors (Lipinski definition) is 1. The number of nitrogens with zero attached hydrogens (tertiary/aromatic N) is 1. The normalized spacial score (nSPS) is 9.75. The van der Waals surface area contributed by atoms with Crippen LogP contribution in [-0.2, 0) is 6.54 Å². The van der Waals surface area contributed by atoms with Crippen LogP contribution in [0.1, 0.15) is 10.4 Å². The van der Waals surface area contributed by atoms with Crippen LogP contribution in [0.4, 0.5) is 5.69 Å². The summed E-state index contributed by atoms with van der Waals surface area (Å²) in [5.41, 5.74) is 1.39. The summed E-state index contributed by atoms with van der Waals surface area (Å²) in [7, 11) is 0. The van der Waals surface area contributed by atoms with Gasteiger partial charge in [-0.3, -0.25) is 0 Å². The van der Waals surface area contributed by atoms with Crippen molar-refractivity contribution in [2.45, 2.75) is 6.54 Å². The zero-order valence-corrected chi connectivity index (χ0v) is 9.98. The highest BCUT2D eigenvalue weighted by atomic mass is 35.5. The van der Waals surface area contributed by atoms with Gasteiger partial charge in [0.25, 0.3) is 0 Å². The van der Waals surface area contributed by atoms with E-state index in [0.717, 1.165) is 5.69 Å². The van der Waals surface area contributed by atoms with Crippen LogP contribution in [0.2, 0.25) is 5.02 Å². The van der Waals surface area contributed by atoms with Crippen LogP contribution < -0.4 is 5.32 Å². The number of thiophene rings is 1. The maximum atomic E-state index is 8.94. The van der Waals surface area contributed by atoms with Crippen LogP contribution in [0.5, 0.6) is 0 Å². The molecule has 4 heteroatoms. The number of rotatable bonds is 3. The highest BCUT2D eigenvalue weighted by Crippen LogP contribution is 2.21. The van der Waals surface area contributed by atoms with Crippen molar-refractivity contribution in [3.63, 3.8) is 0 Å². The number of benzene rings is 1. The van der Waals surface area contributed by atoms with Gasteiger partial charge in [-0.25, -0.2) is 0 Å². The zero-order valence-electron chi connectivity index (χ0n) is 8.40. The Kier molecular flexibility index (Phi) is 3.45. The third-order valence-electron chi connectivity index (χ3n) is 2.14. The van der Waals surface area contributed by atoms with Gasteiger partial charge in [0.15, 0.2) is 0 Å². The van der Waals surface area contributed by atoms with Gasteiger partial charge in [-0.05, 0) is 29.6 Å². The molecule has 80 valence electrons. The maximum Gasteiger partial charge on any atom is 0.101 e. The van der Waals surface area contributed by atoms with E-state index in [-0.39, 0.29) is 0 Å². The van der Waals surface area contributed by atoms with E-state index in [1.165, 1.54) is 4.88 Å². The lowest BCUT2D eigenvalue weighted by molar-refractivity contribution is 1.19. The molecule has 0 aliphatic rings. The molecule has 1 heterocycles. The summed E-state index contributed by atoms with van der Waals surface area (Å²) in [6.45, 7) is 0.715. The highest BCUT2D eigenvalue weighted by molar-refractivity contribution is 7.09. The van der Waals surface area contributed by atoms with Gasteiger partial charge < -0.3 is 5.32 Å². The second kappa shape index (κ2) is 5.02. The topological polar surface area (TPSA) is 35.8 Å². The van der Waals surface area contributed by atoms with Crippen molar-refractivity contribution in [2.75, 3.05) is 5.32 Å². The van der Waals surface area contributed by atoms with E-state index in [4.69, 9.17) is 16.9 Å². The third kappa shape index (κ3) is 2.54. The lowest BCUT2D eigenvalue weighted by atomic mass is 10.2. The van der Waals surface area contributed by atoms with E-state index < -0.39 is 0 Å². The van der Waals surface area contributed by atoms with Crippen molar-refractivity contribution in [1.29, 1.82) is 5.26 Å². The second-order valence-corrected chi connectivity index (χ2v) is 4.70.